The third-order valence-corrected chi connectivity index (χ3v) is 4.05. The lowest BCUT2D eigenvalue weighted by Gasteiger charge is -2.02. The summed E-state index contributed by atoms with van der Waals surface area (Å²) in [5, 5.41) is 5.07. The largest absolute Gasteiger partial charge is 0.351 e. The molecular formula is C10H8BrN5OS. The van der Waals surface area contributed by atoms with Gasteiger partial charge in [0, 0.05) is 14.7 Å². The number of imidazole rings is 1. The van der Waals surface area contributed by atoms with E-state index in [-0.39, 0.29) is 5.56 Å². The Hall–Kier alpha value is -1.67. The Morgan fingerprint density at radius 3 is 3.17 bits per heavy atom. The van der Waals surface area contributed by atoms with E-state index >= 15 is 0 Å². The molecule has 0 saturated carbocycles. The molecule has 0 unspecified atom stereocenters. The second-order valence-corrected chi connectivity index (χ2v) is 5.51. The highest BCUT2D eigenvalue weighted by Crippen LogP contribution is 2.20. The van der Waals surface area contributed by atoms with E-state index in [2.05, 4.69) is 41.2 Å². The number of thiophene rings is 1. The van der Waals surface area contributed by atoms with Crippen molar-refractivity contribution < 1.29 is 0 Å². The molecule has 0 spiro atoms. The molecule has 3 aromatic heterocycles. The van der Waals surface area contributed by atoms with E-state index in [1.807, 2.05) is 11.4 Å². The third kappa shape index (κ3) is 2.16. The number of hydrogen-bond donors (Lipinski definition) is 3. The Labute approximate surface area is 114 Å². The molecule has 0 aliphatic rings. The van der Waals surface area contributed by atoms with Gasteiger partial charge in [-0.15, -0.1) is 11.3 Å². The van der Waals surface area contributed by atoms with Crippen LogP contribution in [-0.4, -0.2) is 19.9 Å². The van der Waals surface area contributed by atoms with Gasteiger partial charge in [-0.2, -0.15) is 4.98 Å². The van der Waals surface area contributed by atoms with Crippen molar-refractivity contribution in [2.75, 3.05) is 5.32 Å². The van der Waals surface area contributed by atoms with Gasteiger partial charge in [0.1, 0.15) is 0 Å². The van der Waals surface area contributed by atoms with Crippen LogP contribution in [-0.2, 0) is 6.54 Å². The highest BCUT2D eigenvalue weighted by Gasteiger charge is 2.05. The number of fused-ring (bicyclic) bond motifs is 1. The van der Waals surface area contributed by atoms with Crippen LogP contribution >= 0.6 is 27.3 Å². The van der Waals surface area contributed by atoms with Gasteiger partial charge >= 0.3 is 0 Å². The number of aromatic nitrogens is 4. The number of H-pyrrole nitrogens is 2. The zero-order chi connectivity index (χ0) is 12.5. The second kappa shape index (κ2) is 4.54. The molecule has 0 radical (unpaired) electrons. The molecule has 18 heavy (non-hydrogen) atoms. The first-order valence-electron chi connectivity index (χ1n) is 5.12. The van der Waals surface area contributed by atoms with Gasteiger partial charge in [-0.25, -0.2) is 4.98 Å². The number of halogens is 1. The van der Waals surface area contributed by atoms with Crippen LogP contribution in [0.3, 0.4) is 0 Å². The SMILES string of the molecule is O=c1[nH]c(NCc2cc(Br)cs2)nc2nc[nH]c12. The highest BCUT2D eigenvalue weighted by molar-refractivity contribution is 9.10. The van der Waals surface area contributed by atoms with E-state index in [1.165, 1.54) is 6.33 Å². The van der Waals surface area contributed by atoms with Crippen LogP contribution in [0.5, 0.6) is 0 Å². The molecule has 0 bridgehead atoms. The average Bonchev–Trinajstić information content (AvgIpc) is 2.95. The summed E-state index contributed by atoms with van der Waals surface area (Å²) in [4.78, 5) is 26.4. The van der Waals surface area contributed by atoms with E-state index < -0.39 is 0 Å². The first kappa shape index (κ1) is 11.4. The minimum absolute atomic E-state index is 0.229. The summed E-state index contributed by atoms with van der Waals surface area (Å²) < 4.78 is 1.05. The number of nitrogens with zero attached hydrogens (tertiary/aromatic N) is 2. The molecule has 6 nitrogen and oxygen atoms in total. The standard InChI is InChI=1S/C10H8BrN5OS/c11-5-1-6(18-3-5)2-12-10-15-8-7(9(17)16-10)13-4-14-8/h1,3-4H,2H2,(H3,12,13,14,15,16,17). The van der Waals surface area contributed by atoms with Crippen molar-refractivity contribution in [2.24, 2.45) is 0 Å². The van der Waals surface area contributed by atoms with Crippen LogP contribution in [0.4, 0.5) is 5.95 Å². The van der Waals surface area contributed by atoms with Gasteiger partial charge in [0.05, 0.1) is 12.9 Å². The summed E-state index contributed by atoms with van der Waals surface area (Å²) in [6, 6.07) is 2.02. The van der Waals surface area contributed by atoms with Crippen LogP contribution in [0, 0.1) is 0 Å². The predicted molar refractivity (Wildman–Crippen MR) is 73.9 cm³/mol. The van der Waals surface area contributed by atoms with Crippen molar-refractivity contribution in [1.29, 1.82) is 0 Å². The van der Waals surface area contributed by atoms with Crippen molar-refractivity contribution in [1.82, 2.24) is 19.9 Å². The molecule has 3 rings (SSSR count). The number of aromatic amines is 2. The maximum atomic E-state index is 11.7. The van der Waals surface area contributed by atoms with Crippen molar-refractivity contribution in [3.63, 3.8) is 0 Å². The Morgan fingerprint density at radius 1 is 1.50 bits per heavy atom. The first-order valence-corrected chi connectivity index (χ1v) is 6.80. The number of anilines is 1. The summed E-state index contributed by atoms with van der Waals surface area (Å²) >= 11 is 5.02. The maximum absolute atomic E-state index is 11.7. The molecule has 3 N–H and O–H groups in total. The monoisotopic (exact) mass is 325 g/mol. The zero-order valence-corrected chi connectivity index (χ0v) is 11.4. The Morgan fingerprint density at radius 2 is 2.39 bits per heavy atom. The molecule has 92 valence electrons. The van der Waals surface area contributed by atoms with Crippen LogP contribution in [0.2, 0.25) is 0 Å². The molecule has 0 fully saturated rings. The van der Waals surface area contributed by atoms with Gasteiger partial charge in [-0.3, -0.25) is 9.78 Å². The molecule has 0 aromatic carbocycles. The summed E-state index contributed by atoms with van der Waals surface area (Å²) in [5.41, 5.74) is 0.570. The normalized spacial score (nSPS) is 10.9. The molecule has 3 heterocycles. The number of rotatable bonds is 3. The van der Waals surface area contributed by atoms with Crippen LogP contribution in [0.1, 0.15) is 4.88 Å². The molecule has 0 aliphatic carbocycles. The fourth-order valence-corrected chi connectivity index (χ4v) is 2.93. The quantitative estimate of drug-likeness (QED) is 0.688. The van der Waals surface area contributed by atoms with E-state index in [0.717, 1.165) is 9.35 Å². The number of hydrogen-bond acceptors (Lipinski definition) is 5. The summed E-state index contributed by atoms with van der Waals surface area (Å²) in [7, 11) is 0. The average molecular weight is 326 g/mol. The molecule has 0 saturated heterocycles. The van der Waals surface area contributed by atoms with Crippen LogP contribution in [0.25, 0.3) is 11.2 Å². The fraction of sp³-hybridized carbons (Fsp3) is 0.100. The van der Waals surface area contributed by atoms with Crippen molar-refractivity contribution in [3.05, 3.63) is 37.5 Å². The molecular weight excluding hydrogens is 318 g/mol. The predicted octanol–water partition coefficient (Wildman–Crippen LogP) is 2.08. The lowest BCUT2D eigenvalue weighted by Crippen LogP contribution is -2.12. The lowest BCUT2D eigenvalue weighted by atomic mass is 10.4. The fourth-order valence-electron chi connectivity index (χ4n) is 1.54. The zero-order valence-electron chi connectivity index (χ0n) is 9.03. The third-order valence-electron chi connectivity index (χ3n) is 2.35. The Bertz CT molecular complexity index is 746. The van der Waals surface area contributed by atoms with Gasteiger partial charge in [-0.1, -0.05) is 0 Å². The summed E-state index contributed by atoms with van der Waals surface area (Å²) in [5.74, 6) is 0.420. The van der Waals surface area contributed by atoms with E-state index in [9.17, 15) is 4.79 Å². The van der Waals surface area contributed by atoms with Crippen molar-refractivity contribution >= 4 is 44.4 Å². The second-order valence-electron chi connectivity index (χ2n) is 3.60. The molecule has 3 aromatic rings. The van der Waals surface area contributed by atoms with Gasteiger partial charge in [-0.05, 0) is 22.0 Å². The molecule has 0 atom stereocenters. The minimum atomic E-state index is -0.229. The number of nitrogens with one attached hydrogen (secondary N) is 3. The van der Waals surface area contributed by atoms with E-state index in [1.54, 1.807) is 11.3 Å². The van der Waals surface area contributed by atoms with E-state index in [0.29, 0.717) is 23.7 Å². The van der Waals surface area contributed by atoms with E-state index in [4.69, 9.17) is 0 Å². The molecule has 0 aliphatic heterocycles. The smallest absolute Gasteiger partial charge is 0.278 e. The highest BCUT2D eigenvalue weighted by atomic mass is 79.9. The molecule has 8 heteroatoms. The van der Waals surface area contributed by atoms with Crippen LogP contribution in [0.15, 0.2) is 27.0 Å². The molecule has 0 amide bonds. The van der Waals surface area contributed by atoms with Crippen LogP contribution < -0.4 is 10.9 Å². The van der Waals surface area contributed by atoms with Gasteiger partial charge in [0.15, 0.2) is 11.2 Å². The topological polar surface area (TPSA) is 86.5 Å². The Kier molecular flexibility index (Phi) is 2.88. The van der Waals surface area contributed by atoms with Gasteiger partial charge < -0.3 is 10.3 Å². The lowest BCUT2D eigenvalue weighted by molar-refractivity contribution is 1.07. The maximum Gasteiger partial charge on any atom is 0.278 e. The van der Waals surface area contributed by atoms with Crippen molar-refractivity contribution in [3.8, 4) is 0 Å². The van der Waals surface area contributed by atoms with Gasteiger partial charge in [0.25, 0.3) is 5.56 Å². The Balaban J connectivity index is 1.84. The first-order chi connectivity index (χ1) is 8.72. The van der Waals surface area contributed by atoms with Gasteiger partial charge in [0.2, 0.25) is 5.95 Å². The van der Waals surface area contributed by atoms with Crippen molar-refractivity contribution in [2.45, 2.75) is 6.54 Å². The summed E-state index contributed by atoms with van der Waals surface area (Å²) in [6.45, 7) is 0.606. The summed E-state index contributed by atoms with van der Waals surface area (Å²) in [6.07, 6.45) is 1.45. The minimum Gasteiger partial charge on any atom is -0.351 e.